The minimum atomic E-state index is -0.637. The molecule has 0 atom stereocenters. The molecular formula is C19H20N2O5. The Labute approximate surface area is 151 Å². The fourth-order valence-electron chi connectivity index (χ4n) is 1.93. The predicted molar refractivity (Wildman–Crippen MR) is 94.3 cm³/mol. The fraction of sp³-hybridized carbons (Fsp3) is 0.211. The van der Waals surface area contributed by atoms with E-state index in [-0.39, 0.29) is 13.0 Å². The third kappa shape index (κ3) is 6.64. The van der Waals surface area contributed by atoms with Crippen LogP contribution in [0.5, 0.6) is 5.75 Å². The minimum Gasteiger partial charge on any atom is -0.493 e. The average Bonchev–Trinajstić information content (AvgIpc) is 2.66. The zero-order valence-corrected chi connectivity index (χ0v) is 14.4. The van der Waals surface area contributed by atoms with E-state index in [0.717, 1.165) is 5.56 Å². The van der Waals surface area contributed by atoms with E-state index >= 15 is 0 Å². The summed E-state index contributed by atoms with van der Waals surface area (Å²) in [6, 6.07) is 15.8. The zero-order valence-electron chi connectivity index (χ0n) is 14.4. The van der Waals surface area contributed by atoms with Crippen molar-refractivity contribution in [3.63, 3.8) is 0 Å². The number of nitrogens with one attached hydrogen (secondary N) is 2. The fourth-order valence-corrected chi connectivity index (χ4v) is 1.93. The van der Waals surface area contributed by atoms with E-state index < -0.39 is 24.4 Å². The van der Waals surface area contributed by atoms with Crippen molar-refractivity contribution in [1.82, 2.24) is 10.9 Å². The topological polar surface area (TPSA) is 93.7 Å². The number of rotatable bonds is 7. The van der Waals surface area contributed by atoms with E-state index in [2.05, 4.69) is 10.9 Å². The van der Waals surface area contributed by atoms with Gasteiger partial charge in [0.2, 0.25) is 0 Å². The molecule has 0 spiro atoms. The molecule has 2 aromatic rings. The lowest BCUT2D eigenvalue weighted by Crippen LogP contribution is -2.43. The van der Waals surface area contributed by atoms with E-state index in [4.69, 9.17) is 9.47 Å². The highest BCUT2D eigenvalue weighted by Crippen LogP contribution is 2.11. The van der Waals surface area contributed by atoms with Gasteiger partial charge < -0.3 is 9.47 Å². The van der Waals surface area contributed by atoms with Gasteiger partial charge in [0.15, 0.2) is 6.61 Å². The number of hydrogen-bond donors (Lipinski definition) is 2. The van der Waals surface area contributed by atoms with Crippen LogP contribution in [0.3, 0.4) is 0 Å². The van der Waals surface area contributed by atoms with Crippen molar-refractivity contribution in [3.8, 4) is 5.75 Å². The van der Waals surface area contributed by atoms with Crippen LogP contribution in [0.15, 0.2) is 54.6 Å². The molecule has 26 heavy (non-hydrogen) atoms. The van der Waals surface area contributed by atoms with Crippen LogP contribution in [0.4, 0.5) is 0 Å². The molecule has 2 rings (SSSR count). The van der Waals surface area contributed by atoms with Crippen molar-refractivity contribution in [3.05, 3.63) is 65.7 Å². The quantitative estimate of drug-likeness (QED) is 0.582. The second-order valence-corrected chi connectivity index (χ2v) is 5.44. The Bertz CT molecular complexity index is 744. The number of ether oxygens (including phenoxy) is 2. The standard InChI is InChI=1S/C19H20N2O5/c1-14-7-9-16(10-8-14)25-12-11-18(23)26-13-17(22)20-21-19(24)15-5-3-2-4-6-15/h2-10H,11-13H2,1H3,(H,20,22)(H,21,24). The summed E-state index contributed by atoms with van der Waals surface area (Å²) in [6.07, 6.45) is 0.0114. The molecule has 2 aromatic carbocycles. The first-order valence-corrected chi connectivity index (χ1v) is 8.04. The van der Waals surface area contributed by atoms with Gasteiger partial charge in [-0.25, -0.2) is 0 Å². The lowest BCUT2D eigenvalue weighted by atomic mass is 10.2. The number of amides is 2. The highest BCUT2D eigenvalue weighted by Gasteiger charge is 2.10. The monoisotopic (exact) mass is 356 g/mol. The van der Waals surface area contributed by atoms with Crippen LogP contribution in [0, 0.1) is 6.92 Å². The molecular weight excluding hydrogens is 336 g/mol. The maximum atomic E-state index is 11.7. The molecule has 7 nitrogen and oxygen atoms in total. The van der Waals surface area contributed by atoms with E-state index in [1.807, 2.05) is 31.2 Å². The second kappa shape index (κ2) is 9.83. The third-order valence-corrected chi connectivity index (χ3v) is 3.31. The molecule has 0 unspecified atom stereocenters. The van der Waals surface area contributed by atoms with Gasteiger partial charge in [0.1, 0.15) is 5.75 Å². The van der Waals surface area contributed by atoms with Crippen LogP contribution in [0.2, 0.25) is 0 Å². The van der Waals surface area contributed by atoms with Crippen LogP contribution in [-0.2, 0) is 14.3 Å². The first-order chi connectivity index (χ1) is 12.5. The van der Waals surface area contributed by atoms with Gasteiger partial charge in [-0.2, -0.15) is 0 Å². The Morgan fingerprint density at radius 3 is 2.31 bits per heavy atom. The lowest BCUT2D eigenvalue weighted by molar-refractivity contribution is -0.149. The number of carbonyl (C=O) groups excluding carboxylic acids is 3. The van der Waals surface area contributed by atoms with Crippen LogP contribution in [0.1, 0.15) is 22.3 Å². The first kappa shape index (κ1) is 19.0. The van der Waals surface area contributed by atoms with Gasteiger partial charge in [-0.15, -0.1) is 0 Å². The molecule has 0 bridgehead atoms. The molecule has 0 saturated carbocycles. The van der Waals surface area contributed by atoms with E-state index in [0.29, 0.717) is 11.3 Å². The molecule has 2 N–H and O–H groups in total. The summed E-state index contributed by atoms with van der Waals surface area (Å²) in [5, 5.41) is 0. The summed E-state index contributed by atoms with van der Waals surface area (Å²) < 4.78 is 10.2. The Hall–Kier alpha value is -3.35. The second-order valence-electron chi connectivity index (χ2n) is 5.44. The Kier molecular flexibility index (Phi) is 7.17. The predicted octanol–water partition coefficient (Wildman–Crippen LogP) is 1.77. The van der Waals surface area contributed by atoms with Crippen LogP contribution in [0.25, 0.3) is 0 Å². The Morgan fingerprint density at radius 1 is 0.923 bits per heavy atom. The Balaban J connectivity index is 1.60. The molecule has 0 heterocycles. The number of hydrazine groups is 1. The van der Waals surface area contributed by atoms with Crippen LogP contribution in [-0.4, -0.2) is 31.0 Å². The first-order valence-electron chi connectivity index (χ1n) is 8.04. The molecule has 0 saturated heterocycles. The normalized spacial score (nSPS) is 9.88. The van der Waals surface area contributed by atoms with Crippen molar-refractivity contribution in [2.24, 2.45) is 0 Å². The van der Waals surface area contributed by atoms with Gasteiger partial charge in [-0.3, -0.25) is 25.2 Å². The largest absolute Gasteiger partial charge is 0.493 e. The summed E-state index contributed by atoms with van der Waals surface area (Å²) in [5.74, 6) is -1.01. The molecule has 2 amide bonds. The maximum absolute atomic E-state index is 11.7. The van der Waals surface area contributed by atoms with Gasteiger partial charge in [-0.05, 0) is 31.2 Å². The van der Waals surface area contributed by atoms with Crippen molar-refractivity contribution in [2.45, 2.75) is 13.3 Å². The minimum absolute atomic E-state index is 0.0114. The number of benzene rings is 2. The van der Waals surface area contributed by atoms with Gasteiger partial charge in [0, 0.05) is 5.56 Å². The summed E-state index contributed by atoms with van der Waals surface area (Å²) in [5.41, 5.74) is 5.93. The lowest BCUT2D eigenvalue weighted by Gasteiger charge is -2.09. The summed E-state index contributed by atoms with van der Waals surface area (Å²) in [4.78, 5) is 34.9. The van der Waals surface area contributed by atoms with Crippen LogP contribution >= 0.6 is 0 Å². The van der Waals surface area contributed by atoms with Crippen molar-refractivity contribution in [1.29, 1.82) is 0 Å². The van der Waals surface area contributed by atoms with Crippen molar-refractivity contribution >= 4 is 17.8 Å². The van der Waals surface area contributed by atoms with Crippen molar-refractivity contribution < 1.29 is 23.9 Å². The van der Waals surface area contributed by atoms with Gasteiger partial charge in [0.25, 0.3) is 11.8 Å². The van der Waals surface area contributed by atoms with Crippen LogP contribution < -0.4 is 15.6 Å². The molecule has 136 valence electrons. The van der Waals surface area contributed by atoms with E-state index in [1.165, 1.54) is 0 Å². The maximum Gasteiger partial charge on any atom is 0.309 e. The van der Waals surface area contributed by atoms with E-state index in [9.17, 15) is 14.4 Å². The summed E-state index contributed by atoms with van der Waals surface area (Å²) >= 11 is 0. The Morgan fingerprint density at radius 2 is 1.62 bits per heavy atom. The number of hydrogen-bond acceptors (Lipinski definition) is 5. The molecule has 0 fully saturated rings. The molecule has 7 heteroatoms. The highest BCUT2D eigenvalue weighted by atomic mass is 16.5. The molecule has 0 aliphatic carbocycles. The number of aryl methyl sites for hydroxylation is 1. The van der Waals surface area contributed by atoms with Crippen molar-refractivity contribution in [2.75, 3.05) is 13.2 Å². The SMILES string of the molecule is Cc1ccc(OCCC(=O)OCC(=O)NNC(=O)c2ccccc2)cc1. The van der Waals surface area contributed by atoms with E-state index in [1.54, 1.807) is 30.3 Å². The summed E-state index contributed by atoms with van der Waals surface area (Å²) in [6.45, 7) is 1.63. The van der Waals surface area contributed by atoms with Gasteiger partial charge >= 0.3 is 5.97 Å². The molecule has 0 radical (unpaired) electrons. The molecule has 0 aromatic heterocycles. The average molecular weight is 356 g/mol. The molecule has 0 aliphatic rings. The zero-order chi connectivity index (χ0) is 18.8. The van der Waals surface area contributed by atoms with Gasteiger partial charge in [-0.1, -0.05) is 35.9 Å². The van der Waals surface area contributed by atoms with Gasteiger partial charge in [0.05, 0.1) is 13.0 Å². The number of carbonyl (C=O) groups is 3. The highest BCUT2D eigenvalue weighted by molar-refractivity contribution is 5.95. The third-order valence-electron chi connectivity index (χ3n) is 3.31. The summed E-state index contributed by atoms with van der Waals surface area (Å²) in [7, 11) is 0. The molecule has 0 aliphatic heterocycles. The smallest absolute Gasteiger partial charge is 0.309 e. The number of esters is 1.